The van der Waals surface area contributed by atoms with Crippen LogP contribution in [0.25, 0.3) is 11.5 Å². The van der Waals surface area contributed by atoms with Crippen LogP contribution in [0.1, 0.15) is 25.5 Å². The van der Waals surface area contributed by atoms with Crippen molar-refractivity contribution >= 4 is 39.1 Å². The van der Waals surface area contributed by atoms with Crippen molar-refractivity contribution in [2.45, 2.75) is 19.8 Å². The molecule has 0 fully saturated rings. The van der Waals surface area contributed by atoms with Gasteiger partial charge in [-0.05, 0) is 27.9 Å². The molecule has 0 aliphatic heterocycles. The summed E-state index contributed by atoms with van der Waals surface area (Å²) in [5.74, 6) is 0.431. The first-order valence-electron chi connectivity index (χ1n) is 5.51. The van der Waals surface area contributed by atoms with Crippen molar-refractivity contribution in [1.29, 1.82) is 0 Å². The van der Waals surface area contributed by atoms with Gasteiger partial charge in [0, 0.05) is 6.20 Å². The molecule has 0 radical (unpaired) electrons. The van der Waals surface area contributed by atoms with E-state index in [1.807, 2.05) is 13.8 Å². The Kier molecular flexibility index (Phi) is 4.28. The number of nitrogens with zero attached hydrogens (tertiary/aromatic N) is 2. The highest BCUT2D eigenvalue weighted by atomic mass is 79.9. The first-order chi connectivity index (χ1) is 8.90. The van der Waals surface area contributed by atoms with Crippen molar-refractivity contribution in [3.05, 3.63) is 42.8 Å². The van der Waals surface area contributed by atoms with E-state index in [4.69, 9.17) is 23.2 Å². The van der Waals surface area contributed by atoms with Gasteiger partial charge in [-0.2, -0.15) is 0 Å². The van der Waals surface area contributed by atoms with Gasteiger partial charge in [0.1, 0.15) is 10.2 Å². The van der Waals surface area contributed by atoms with E-state index in [2.05, 4.69) is 30.9 Å². The van der Waals surface area contributed by atoms with Gasteiger partial charge < -0.3 is 4.98 Å². The summed E-state index contributed by atoms with van der Waals surface area (Å²) >= 11 is 15.1. The number of aromatic amines is 1. The van der Waals surface area contributed by atoms with Gasteiger partial charge in [0.05, 0.1) is 15.7 Å². The summed E-state index contributed by atoms with van der Waals surface area (Å²) in [5, 5.41) is 0.768. The number of H-pyrrole nitrogens is 1. The molecule has 2 aromatic heterocycles. The minimum atomic E-state index is -0.262. The molecule has 7 heteroatoms. The van der Waals surface area contributed by atoms with Crippen molar-refractivity contribution in [2.75, 3.05) is 0 Å². The highest BCUT2D eigenvalue weighted by Gasteiger charge is 2.15. The number of hydrogen-bond acceptors (Lipinski definition) is 3. The Balaban J connectivity index is 2.66. The second-order valence-electron chi connectivity index (χ2n) is 4.25. The lowest BCUT2D eigenvalue weighted by Crippen LogP contribution is -2.15. The number of nitrogens with one attached hydrogen (secondary N) is 1. The zero-order chi connectivity index (χ0) is 14.2. The highest BCUT2D eigenvalue weighted by Crippen LogP contribution is 2.27. The second-order valence-corrected chi connectivity index (χ2v) is 5.89. The van der Waals surface area contributed by atoms with Crippen molar-refractivity contribution in [2.24, 2.45) is 0 Å². The molecule has 2 aromatic rings. The van der Waals surface area contributed by atoms with Gasteiger partial charge >= 0.3 is 0 Å². The average molecular weight is 363 g/mol. The fourth-order valence-electron chi connectivity index (χ4n) is 1.56. The van der Waals surface area contributed by atoms with Crippen molar-refractivity contribution in [3.63, 3.8) is 0 Å². The van der Waals surface area contributed by atoms with Crippen LogP contribution in [0, 0.1) is 0 Å². The summed E-state index contributed by atoms with van der Waals surface area (Å²) in [6, 6.07) is 1.56. The van der Waals surface area contributed by atoms with Crippen LogP contribution in [0.15, 0.2) is 21.5 Å². The molecule has 2 heterocycles. The smallest absolute Gasteiger partial charge is 0.265 e. The first kappa shape index (κ1) is 14.5. The summed E-state index contributed by atoms with van der Waals surface area (Å²) in [7, 11) is 0. The second kappa shape index (κ2) is 5.61. The van der Waals surface area contributed by atoms with Crippen LogP contribution in [0.4, 0.5) is 0 Å². The summed E-state index contributed by atoms with van der Waals surface area (Å²) < 4.78 is 0.427. The number of rotatable bonds is 2. The lowest BCUT2D eigenvalue weighted by molar-refractivity contribution is 0.802. The third-order valence-corrected chi connectivity index (χ3v) is 3.73. The summed E-state index contributed by atoms with van der Waals surface area (Å²) in [5.41, 5.74) is 0.797. The normalized spacial score (nSPS) is 11.1. The minimum Gasteiger partial charge on any atom is -0.304 e. The predicted molar refractivity (Wildman–Crippen MR) is 79.9 cm³/mol. The van der Waals surface area contributed by atoms with Crippen LogP contribution >= 0.6 is 39.1 Å². The maximum absolute atomic E-state index is 11.9. The molecule has 0 unspecified atom stereocenters. The average Bonchev–Trinajstić information content (AvgIpc) is 2.32. The molecule has 0 saturated heterocycles. The van der Waals surface area contributed by atoms with Gasteiger partial charge in [-0.3, -0.25) is 4.79 Å². The fraction of sp³-hybridized carbons (Fsp3) is 0.250. The van der Waals surface area contributed by atoms with Crippen LogP contribution in [-0.2, 0) is 0 Å². The van der Waals surface area contributed by atoms with E-state index in [0.717, 1.165) is 0 Å². The molecule has 0 spiro atoms. The number of hydrogen-bond donors (Lipinski definition) is 1. The molecule has 2 rings (SSSR count). The van der Waals surface area contributed by atoms with E-state index >= 15 is 0 Å². The third kappa shape index (κ3) is 2.99. The SMILES string of the molecule is CC(C)c1nc(-c2ncc(Cl)cc2Cl)[nH]c(=O)c1Br. The molecule has 19 heavy (non-hydrogen) atoms. The third-order valence-electron chi connectivity index (χ3n) is 2.47. The predicted octanol–water partition coefficient (Wildman–Crippen LogP) is 4.02. The topological polar surface area (TPSA) is 58.6 Å². The van der Waals surface area contributed by atoms with Crippen LogP contribution in [0.5, 0.6) is 0 Å². The van der Waals surface area contributed by atoms with Gasteiger partial charge in [0.15, 0.2) is 5.82 Å². The number of pyridine rings is 1. The molecule has 4 nitrogen and oxygen atoms in total. The molecule has 0 atom stereocenters. The Labute approximate surface area is 128 Å². The van der Waals surface area contributed by atoms with E-state index in [1.54, 1.807) is 6.07 Å². The Morgan fingerprint density at radius 3 is 2.63 bits per heavy atom. The van der Waals surface area contributed by atoms with E-state index in [-0.39, 0.29) is 11.5 Å². The zero-order valence-electron chi connectivity index (χ0n) is 10.2. The molecule has 0 bridgehead atoms. The maximum atomic E-state index is 11.9. The first-order valence-corrected chi connectivity index (χ1v) is 7.06. The van der Waals surface area contributed by atoms with Crippen LogP contribution in [0.2, 0.25) is 10.0 Å². The van der Waals surface area contributed by atoms with Gasteiger partial charge in [-0.15, -0.1) is 0 Å². The fourth-order valence-corrected chi connectivity index (χ4v) is 2.67. The van der Waals surface area contributed by atoms with E-state index in [9.17, 15) is 4.79 Å². The molecule has 0 amide bonds. The molecule has 0 aliphatic carbocycles. The molecule has 0 aromatic carbocycles. The maximum Gasteiger partial charge on any atom is 0.265 e. The summed E-state index contributed by atoms with van der Waals surface area (Å²) in [4.78, 5) is 23.0. The van der Waals surface area contributed by atoms with E-state index in [1.165, 1.54) is 6.20 Å². The molecule has 100 valence electrons. The minimum absolute atomic E-state index is 0.0986. The van der Waals surface area contributed by atoms with Gasteiger partial charge in [-0.1, -0.05) is 37.0 Å². The largest absolute Gasteiger partial charge is 0.304 e. The molecule has 0 saturated carbocycles. The van der Waals surface area contributed by atoms with Crippen molar-refractivity contribution in [3.8, 4) is 11.5 Å². The van der Waals surface area contributed by atoms with Crippen LogP contribution in [0.3, 0.4) is 0 Å². The Morgan fingerprint density at radius 1 is 1.37 bits per heavy atom. The number of aromatic nitrogens is 3. The molecule has 1 N–H and O–H groups in total. The van der Waals surface area contributed by atoms with Crippen LogP contribution in [-0.4, -0.2) is 15.0 Å². The molecular formula is C12H10BrCl2N3O. The zero-order valence-corrected chi connectivity index (χ0v) is 13.3. The lowest BCUT2D eigenvalue weighted by atomic mass is 10.1. The van der Waals surface area contributed by atoms with E-state index in [0.29, 0.717) is 31.7 Å². The standard InChI is InChI=1S/C12H10BrCl2N3O/c1-5(2)9-8(13)12(19)18-11(17-9)10-7(15)3-6(14)4-16-10/h3-5H,1-2H3,(H,17,18,19). The van der Waals surface area contributed by atoms with Crippen LogP contribution < -0.4 is 5.56 Å². The van der Waals surface area contributed by atoms with Gasteiger partial charge in [0.25, 0.3) is 5.56 Å². The lowest BCUT2D eigenvalue weighted by Gasteiger charge is -2.09. The Bertz CT molecular complexity index is 685. The summed E-state index contributed by atoms with van der Waals surface area (Å²) in [6.07, 6.45) is 1.46. The summed E-state index contributed by atoms with van der Waals surface area (Å²) in [6.45, 7) is 3.90. The van der Waals surface area contributed by atoms with E-state index < -0.39 is 0 Å². The highest BCUT2D eigenvalue weighted by molar-refractivity contribution is 9.10. The Hall–Kier alpha value is -0.910. The number of halogens is 3. The van der Waals surface area contributed by atoms with Crippen molar-refractivity contribution in [1.82, 2.24) is 15.0 Å². The Morgan fingerprint density at radius 2 is 2.05 bits per heavy atom. The molecule has 0 aliphatic rings. The van der Waals surface area contributed by atoms with Gasteiger partial charge in [-0.25, -0.2) is 9.97 Å². The van der Waals surface area contributed by atoms with Crippen molar-refractivity contribution < 1.29 is 0 Å². The quantitative estimate of drug-likeness (QED) is 0.877. The monoisotopic (exact) mass is 361 g/mol. The van der Waals surface area contributed by atoms with Gasteiger partial charge in [0.2, 0.25) is 0 Å². The molecular weight excluding hydrogens is 353 g/mol.